The summed E-state index contributed by atoms with van der Waals surface area (Å²) in [6.45, 7) is 1.87. The minimum atomic E-state index is -0.221. The fourth-order valence-electron chi connectivity index (χ4n) is 1.08. The number of nitrogens with zero attached hydrogens (tertiary/aromatic N) is 3. The van der Waals surface area contributed by atoms with Crippen LogP contribution < -0.4 is 11.1 Å². The maximum absolute atomic E-state index is 11.4. The second kappa shape index (κ2) is 5.30. The first-order valence-corrected chi connectivity index (χ1v) is 4.70. The van der Waals surface area contributed by atoms with E-state index in [1.807, 2.05) is 6.92 Å². The number of rotatable bonds is 5. The predicted octanol–water partition coefficient (Wildman–Crippen LogP) is -1.25. The lowest BCUT2D eigenvalue weighted by atomic mass is 10.2. The Morgan fingerprint density at radius 3 is 3.00 bits per heavy atom. The zero-order chi connectivity index (χ0) is 11.3. The van der Waals surface area contributed by atoms with Crippen molar-refractivity contribution in [1.82, 2.24) is 20.1 Å². The fourth-order valence-corrected chi connectivity index (χ4v) is 1.08. The maximum Gasteiger partial charge on any atom is 0.242 e. The van der Waals surface area contributed by atoms with Crippen molar-refractivity contribution < 1.29 is 9.90 Å². The summed E-state index contributed by atoms with van der Waals surface area (Å²) in [5, 5.41) is 15.3. The Bertz CT molecular complexity index is 321. The number of aromatic nitrogens is 3. The number of aliphatic hydroxyl groups excluding tert-OH is 1. The minimum absolute atomic E-state index is 0.0562. The van der Waals surface area contributed by atoms with Gasteiger partial charge in [-0.05, 0) is 6.42 Å². The van der Waals surface area contributed by atoms with Gasteiger partial charge in [0.2, 0.25) is 11.9 Å². The Morgan fingerprint density at radius 1 is 1.80 bits per heavy atom. The van der Waals surface area contributed by atoms with Gasteiger partial charge in [-0.2, -0.15) is 0 Å². The molecule has 0 radical (unpaired) electrons. The molecule has 1 unspecified atom stereocenters. The molecule has 0 aromatic carbocycles. The molecule has 1 heterocycles. The molecule has 0 fully saturated rings. The van der Waals surface area contributed by atoms with Crippen LogP contribution in [0.3, 0.4) is 0 Å². The van der Waals surface area contributed by atoms with E-state index in [1.165, 1.54) is 11.0 Å². The number of amides is 1. The Hall–Kier alpha value is -1.63. The molecule has 15 heavy (non-hydrogen) atoms. The highest BCUT2D eigenvalue weighted by Crippen LogP contribution is 1.92. The minimum Gasteiger partial charge on any atom is -0.394 e. The zero-order valence-electron chi connectivity index (χ0n) is 8.55. The molecule has 1 rings (SSSR count). The van der Waals surface area contributed by atoms with Crippen LogP contribution in [0.1, 0.15) is 13.3 Å². The van der Waals surface area contributed by atoms with Crippen LogP contribution in [0, 0.1) is 0 Å². The largest absolute Gasteiger partial charge is 0.394 e. The molecular weight excluding hydrogens is 198 g/mol. The summed E-state index contributed by atoms with van der Waals surface area (Å²) in [7, 11) is 0. The van der Waals surface area contributed by atoms with Crippen molar-refractivity contribution in [3.8, 4) is 0 Å². The van der Waals surface area contributed by atoms with Gasteiger partial charge in [0.1, 0.15) is 12.9 Å². The number of anilines is 1. The lowest BCUT2D eigenvalue weighted by Crippen LogP contribution is -2.38. The third-order valence-electron chi connectivity index (χ3n) is 1.94. The van der Waals surface area contributed by atoms with Crippen LogP contribution in [0.15, 0.2) is 6.33 Å². The third-order valence-corrected chi connectivity index (χ3v) is 1.94. The number of nitrogen functional groups attached to an aromatic ring is 1. The standard InChI is InChI=1S/C8H15N5O2/c1-2-6(4-14)11-7(15)3-13-5-10-8(9)12-13/h5-6,14H,2-4H2,1H3,(H2,9,12)(H,11,15). The summed E-state index contributed by atoms with van der Waals surface area (Å²) < 4.78 is 1.34. The van der Waals surface area contributed by atoms with Gasteiger partial charge in [-0.15, -0.1) is 5.10 Å². The summed E-state index contributed by atoms with van der Waals surface area (Å²) in [4.78, 5) is 15.1. The van der Waals surface area contributed by atoms with E-state index in [2.05, 4.69) is 15.4 Å². The molecule has 0 aliphatic heterocycles. The van der Waals surface area contributed by atoms with E-state index in [1.54, 1.807) is 0 Å². The summed E-state index contributed by atoms with van der Waals surface area (Å²) in [6.07, 6.45) is 2.07. The second-order valence-electron chi connectivity index (χ2n) is 3.16. The first-order valence-electron chi connectivity index (χ1n) is 4.70. The molecule has 1 atom stereocenters. The summed E-state index contributed by atoms with van der Waals surface area (Å²) >= 11 is 0. The van der Waals surface area contributed by atoms with E-state index in [0.29, 0.717) is 6.42 Å². The topological polar surface area (TPSA) is 106 Å². The van der Waals surface area contributed by atoms with E-state index in [9.17, 15) is 4.79 Å². The van der Waals surface area contributed by atoms with E-state index in [-0.39, 0.29) is 31.0 Å². The van der Waals surface area contributed by atoms with E-state index in [4.69, 9.17) is 10.8 Å². The smallest absolute Gasteiger partial charge is 0.242 e. The molecule has 0 aliphatic carbocycles. The number of hydrogen-bond donors (Lipinski definition) is 3. The summed E-state index contributed by atoms with van der Waals surface area (Å²) in [6, 6.07) is -0.210. The van der Waals surface area contributed by atoms with Crippen molar-refractivity contribution in [1.29, 1.82) is 0 Å². The maximum atomic E-state index is 11.4. The second-order valence-corrected chi connectivity index (χ2v) is 3.16. The van der Waals surface area contributed by atoms with Gasteiger partial charge in [0, 0.05) is 0 Å². The number of aliphatic hydroxyl groups is 1. The quantitative estimate of drug-likeness (QED) is 0.566. The third kappa shape index (κ3) is 3.55. The Labute approximate surface area is 87.3 Å². The molecule has 4 N–H and O–H groups in total. The van der Waals surface area contributed by atoms with Gasteiger partial charge in [-0.3, -0.25) is 4.79 Å². The average Bonchev–Trinajstić information content (AvgIpc) is 2.60. The van der Waals surface area contributed by atoms with E-state index in [0.717, 1.165) is 0 Å². The summed E-state index contributed by atoms with van der Waals surface area (Å²) in [5.41, 5.74) is 5.29. The van der Waals surface area contributed by atoms with Gasteiger partial charge in [0.05, 0.1) is 12.6 Å². The van der Waals surface area contributed by atoms with Gasteiger partial charge in [-0.1, -0.05) is 6.92 Å². The first kappa shape index (κ1) is 11.4. The van der Waals surface area contributed by atoms with Crippen molar-refractivity contribution >= 4 is 11.9 Å². The molecule has 1 amide bonds. The monoisotopic (exact) mass is 213 g/mol. The highest BCUT2D eigenvalue weighted by molar-refractivity contribution is 5.75. The highest BCUT2D eigenvalue weighted by atomic mass is 16.3. The Balaban J connectivity index is 2.42. The summed E-state index contributed by atoms with van der Waals surface area (Å²) in [5.74, 6) is -0.0854. The Kier molecular flexibility index (Phi) is 4.04. The lowest BCUT2D eigenvalue weighted by molar-refractivity contribution is -0.122. The zero-order valence-corrected chi connectivity index (χ0v) is 8.55. The van der Waals surface area contributed by atoms with Crippen LogP contribution >= 0.6 is 0 Å². The lowest BCUT2D eigenvalue weighted by Gasteiger charge is -2.13. The number of nitrogens with one attached hydrogen (secondary N) is 1. The van der Waals surface area contributed by atoms with Crippen LogP contribution in [0.4, 0.5) is 5.95 Å². The number of carbonyl (C=O) groups excluding carboxylic acids is 1. The van der Waals surface area contributed by atoms with Crippen LogP contribution in [0.5, 0.6) is 0 Å². The molecule has 84 valence electrons. The molecule has 1 aromatic rings. The van der Waals surface area contributed by atoms with Gasteiger partial charge >= 0.3 is 0 Å². The van der Waals surface area contributed by atoms with Crippen LogP contribution in [-0.4, -0.2) is 38.4 Å². The molecule has 0 aliphatic rings. The molecule has 7 heteroatoms. The van der Waals surface area contributed by atoms with E-state index >= 15 is 0 Å². The number of nitrogens with two attached hydrogens (primary N) is 1. The van der Waals surface area contributed by atoms with Gasteiger partial charge in [0.15, 0.2) is 0 Å². The van der Waals surface area contributed by atoms with Crippen molar-refractivity contribution in [3.05, 3.63) is 6.33 Å². The fraction of sp³-hybridized carbons (Fsp3) is 0.625. The molecule has 0 saturated carbocycles. The van der Waals surface area contributed by atoms with Crippen molar-refractivity contribution in [3.63, 3.8) is 0 Å². The highest BCUT2D eigenvalue weighted by Gasteiger charge is 2.10. The predicted molar refractivity (Wildman–Crippen MR) is 53.7 cm³/mol. The molecule has 0 spiro atoms. The van der Waals surface area contributed by atoms with Crippen LogP contribution in [0.2, 0.25) is 0 Å². The van der Waals surface area contributed by atoms with Gasteiger partial charge in [0.25, 0.3) is 0 Å². The van der Waals surface area contributed by atoms with Crippen molar-refractivity contribution in [2.75, 3.05) is 12.3 Å². The van der Waals surface area contributed by atoms with Gasteiger partial charge < -0.3 is 16.2 Å². The SMILES string of the molecule is CCC(CO)NC(=O)Cn1cnc(N)n1. The van der Waals surface area contributed by atoms with Crippen molar-refractivity contribution in [2.24, 2.45) is 0 Å². The number of hydrogen-bond acceptors (Lipinski definition) is 5. The van der Waals surface area contributed by atoms with E-state index < -0.39 is 0 Å². The van der Waals surface area contributed by atoms with Gasteiger partial charge in [-0.25, -0.2) is 9.67 Å². The van der Waals surface area contributed by atoms with Crippen LogP contribution in [0.25, 0.3) is 0 Å². The first-order chi connectivity index (χ1) is 7.15. The van der Waals surface area contributed by atoms with Crippen molar-refractivity contribution in [2.45, 2.75) is 25.9 Å². The Morgan fingerprint density at radius 2 is 2.53 bits per heavy atom. The molecule has 0 bridgehead atoms. The molecular formula is C8H15N5O2. The van der Waals surface area contributed by atoms with Crippen LogP contribution in [-0.2, 0) is 11.3 Å². The molecule has 0 saturated heterocycles. The number of carbonyl (C=O) groups is 1. The average molecular weight is 213 g/mol. The molecule has 1 aromatic heterocycles. The normalized spacial score (nSPS) is 12.4. The molecule has 7 nitrogen and oxygen atoms in total.